The van der Waals surface area contributed by atoms with Crippen molar-refractivity contribution in [1.82, 2.24) is 9.78 Å². The van der Waals surface area contributed by atoms with E-state index in [1.807, 2.05) is 0 Å². The van der Waals surface area contributed by atoms with E-state index in [2.05, 4.69) is 5.10 Å². The highest BCUT2D eigenvalue weighted by atomic mass is 19.3. The molecule has 1 aliphatic heterocycles. The smallest absolute Gasteiger partial charge is 0.427 e. The van der Waals surface area contributed by atoms with Crippen molar-refractivity contribution in [2.75, 3.05) is 0 Å². The molecule has 1 aromatic carbocycles. The summed E-state index contributed by atoms with van der Waals surface area (Å²) in [6, 6.07) is 7.69. The van der Waals surface area contributed by atoms with Crippen LogP contribution < -0.4 is 10.2 Å². The van der Waals surface area contributed by atoms with E-state index in [1.54, 1.807) is 22.9 Å². The first kappa shape index (κ1) is 17.3. The molecular formula is C16H18F2N3O4+. The molecule has 0 aliphatic carbocycles. The van der Waals surface area contributed by atoms with E-state index in [0.29, 0.717) is 36.5 Å². The molecule has 134 valence electrons. The van der Waals surface area contributed by atoms with Crippen LogP contribution in [0, 0.1) is 0 Å². The van der Waals surface area contributed by atoms with Crippen LogP contribution in [0.1, 0.15) is 30.1 Å². The van der Waals surface area contributed by atoms with Gasteiger partial charge in [0, 0.05) is 24.4 Å². The number of carbonyl (C=O) groups is 1. The lowest BCUT2D eigenvalue weighted by molar-refractivity contribution is -0.825. The number of nitrogens with zero attached hydrogens (tertiary/aromatic N) is 2. The van der Waals surface area contributed by atoms with E-state index in [4.69, 9.17) is 14.7 Å². The zero-order valence-corrected chi connectivity index (χ0v) is 13.3. The van der Waals surface area contributed by atoms with Gasteiger partial charge in [-0.25, -0.2) is 18.8 Å². The average molecular weight is 354 g/mol. The number of alkyl halides is 2. The van der Waals surface area contributed by atoms with Gasteiger partial charge in [0.1, 0.15) is 18.1 Å². The number of aromatic nitrogens is 2. The summed E-state index contributed by atoms with van der Waals surface area (Å²) < 4.78 is 37.6. The molecule has 0 saturated carbocycles. The Labute approximate surface area is 142 Å². The zero-order chi connectivity index (χ0) is 17.8. The molecule has 25 heavy (non-hydrogen) atoms. The monoisotopic (exact) mass is 354 g/mol. The Morgan fingerprint density at radius 3 is 2.84 bits per heavy atom. The summed E-state index contributed by atoms with van der Waals surface area (Å²) in [6.07, 6.45) is -2.29. The van der Waals surface area contributed by atoms with E-state index in [9.17, 15) is 13.6 Å². The van der Waals surface area contributed by atoms with Gasteiger partial charge in [-0.3, -0.25) is 4.68 Å². The molecule has 3 N–H and O–H groups in total. The van der Waals surface area contributed by atoms with Gasteiger partial charge in [0.25, 0.3) is 0 Å². The van der Waals surface area contributed by atoms with Crippen LogP contribution >= 0.6 is 0 Å². The van der Waals surface area contributed by atoms with E-state index < -0.39 is 18.5 Å². The number of carbonyl (C=O) groups excluding carboxylic acids is 1. The molecule has 2 heterocycles. The Kier molecular flexibility index (Phi) is 5.25. The number of nitrogens with two attached hydrogens (primary N) is 1. The minimum Gasteiger partial charge on any atom is -0.427 e. The summed E-state index contributed by atoms with van der Waals surface area (Å²) >= 11 is 0. The Bertz CT molecular complexity index is 733. The quantitative estimate of drug-likeness (QED) is 0.372. The third-order valence-electron chi connectivity index (χ3n) is 4.00. The van der Waals surface area contributed by atoms with E-state index >= 15 is 0 Å². The second-order valence-corrected chi connectivity index (χ2v) is 5.71. The van der Waals surface area contributed by atoms with Gasteiger partial charge in [-0.1, -0.05) is 0 Å². The van der Waals surface area contributed by atoms with Crippen molar-refractivity contribution in [2.24, 2.45) is 0 Å². The number of benzene rings is 1. The van der Waals surface area contributed by atoms with Crippen LogP contribution in [0.2, 0.25) is 0 Å². The summed E-state index contributed by atoms with van der Waals surface area (Å²) in [4.78, 5) is 11.7. The van der Waals surface area contributed by atoms with E-state index in [1.165, 1.54) is 12.1 Å². The minimum absolute atomic E-state index is 0.155. The maximum Gasteiger partial charge on any atom is 0.514 e. The normalized spacial score (nSPS) is 16.6. The van der Waals surface area contributed by atoms with Crippen LogP contribution in [0.15, 0.2) is 30.3 Å². The van der Waals surface area contributed by atoms with Crippen LogP contribution in [0.25, 0.3) is 0 Å². The van der Waals surface area contributed by atoms with Gasteiger partial charge >= 0.3 is 6.16 Å². The van der Waals surface area contributed by atoms with Gasteiger partial charge in [0.15, 0.2) is 5.69 Å². The first-order valence-electron chi connectivity index (χ1n) is 7.83. The predicted molar refractivity (Wildman–Crippen MR) is 80.8 cm³/mol. The zero-order valence-electron chi connectivity index (χ0n) is 13.3. The second kappa shape index (κ2) is 7.58. The number of fused-ring (bicyclic) bond motifs is 1. The molecule has 0 spiro atoms. The predicted octanol–water partition coefficient (Wildman–Crippen LogP) is 2.33. The topological polar surface area (TPSA) is 90.2 Å². The van der Waals surface area contributed by atoms with Crippen LogP contribution in [0.4, 0.5) is 19.3 Å². The fourth-order valence-electron chi connectivity index (χ4n) is 2.78. The van der Waals surface area contributed by atoms with Gasteiger partial charge in [0.2, 0.25) is 6.43 Å². The highest BCUT2D eigenvalue weighted by Gasteiger charge is 2.29. The molecule has 0 radical (unpaired) electrons. The first-order valence-corrected chi connectivity index (χ1v) is 7.83. The highest BCUT2D eigenvalue weighted by molar-refractivity contribution is 5.63. The third-order valence-corrected chi connectivity index (χ3v) is 4.00. The van der Waals surface area contributed by atoms with E-state index in [0.717, 1.165) is 5.48 Å². The molecule has 2 aromatic rings. The number of quaternary nitrogens is 1. The van der Waals surface area contributed by atoms with Crippen LogP contribution in [-0.4, -0.2) is 27.6 Å². The summed E-state index contributed by atoms with van der Waals surface area (Å²) in [5.74, 6) is -0.568. The van der Waals surface area contributed by atoms with Crippen molar-refractivity contribution >= 4 is 11.8 Å². The first-order chi connectivity index (χ1) is 12.1. The molecule has 9 heteroatoms. The summed E-state index contributed by atoms with van der Waals surface area (Å²) in [7, 11) is 0. The van der Waals surface area contributed by atoms with Gasteiger partial charge in [0.05, 0.1) is 5.92 Å². The number of aryl methyl sites for hydroxylation is 1. The minimum atomic E-state index is -2.44. The Morgan fingerprint density at radius 1 is 1.40 bits per heavy atom. The van der Waals surface area contributed by atoms with Crippen LogP contribution in [0.3, 0.4) is 0 Å². The maximum absolute atomic E-state index is 13.1. The van der Waals surface area contributed by atoms with Crippen molar-refractivity contribution in [3.05, 3.63) is 41.7 Å². The maximum atomic E-state index is 13.1. The average Bonchev–Trinajstić information content (AvgIpc) is 3.03. The molecule has 7 nitrogen and oxygen atoms in total. The molecule has 0 saturated heterocycles. The number of rotatable bonds is 5. The standard InChI is InChI=1S/C16H17F2N3O4/c17-15(18)13-2-1-7-21-14(13)8-11(19-21)9-24-16(22)25-12-5-3-10(20-23)4-6-12/h3-6,8,13,15,20,23H,1-2,7,9H2/p+1. The largest absolute Gasteiger partial charge is 0.514 e. The van der Waals surface area contributed by atoms with Crippen molar-refractivity contribution < 1.29 is 33.7 Å². The summed E-state index contributed by atoms with van der Waals surface area (Å²) in [5.41, 5.74) is 2.38. The fraction of sp³-hybridized carbons (Fsp3) is 0.375. The van der Waals surface area contributed by atoms with Crippen molar-refractivity contribution in [1.29, 1.82) is 0 Å². The van der Waals surface area contributed by atoms with Gasteiger partial charge in [-0.05, 0) is 31.0 Å². The Balaban J connectivity index is 1.57. The molecule has 3 rings (SSSR count). The molecule has 0 bridgehead atoms. The molecular weight excluding hydrogens is 336 g/mol. The lowest BCUT2D eigenvalue weighted by Crippen LogP contribution is -2.73. The molecule has 1 atom stereocenters. The molecule has 1 aromatic heterocycles. The molecule has 0 fully saturated rings. The molecule has 1 unspecified atom stereocenters. The Morgan fingerprint density at radius 2 is 2.16 bits per heavy atom. The number of halogens is 2. The summed E-state index contributed by atoms with van der Waals surface area (Å²) in [5, 5.41) is 13.0. The summed E-state index contributed by atoms with van der Waals surface area (Å²) in [6.45, 7) is 0.425. The molecule has 0 amide bonds. The van der Waals surface area contributed by atoms with E-state index in [-0.39, 0.29) is 12.4 Å². The Hall–Kier alpha value is -2.52. The van der Waals surface area contributed by atoms with Gasteiger partial charge in [-0.2, -0.15) is 10.6 Å². The van der Waals surface area contributed by atoms with Crippen LogP contribution in [0.5, 0.6) is 5.75 Å². The number of ether oxygens (including phenoxy) is 2. The number of hydrogen-bond donors (Lipinski definition) is 2. The fourth-order valence-corrected chi connectivity index (χ4v) is 2.78. The second-order valence-electron chi connectivity index (χ2n) is 5.71. The van der Waals surface area contributed by atoms with Crippen molar-refractivity contribution in [3.63, 3.8) is 0 Å². The van der Waals surface area contributed by atoms with Crippen LogP contribution in [-0.2, 0) is 17.9 Å². The lowest BCUT2D eigenvalue weighted by atomic mass is 9.96. The molecule has 1 aliphatic rings. The SMILES string of the molecule is O=C(OCc1cc2n(n1)CCCC2C(F)F)Oc1ccc([NH2+]O)cc1. The van der Waals surface area contributed by atoms with Gasteiger partial charge in [-0.15, -0.1) is 0 Å². The number of hydrogen-bond acceptors (Lipinski definition) is 5. The highest BCUT2D eigenvalue weighted by Crippen LogP contribution is 2.32. The van der Waals surface area contributed by atoms with Crippen molar-refractivity contribution in [2.45, 2.75) is 38.3 Å². The van der Waals surface area contributed by atoms with Gasteiger partial charge < -0.3 is 9.47 Å². The lowest BCUT2D eigenvalue weighted by Gasteiger charge is -2.22. The van der Waals surface area contributed by atoms with Crippen molar-refractivity contribution in [3.8, 4) is 5.75 Å². The third kappa shape index (κ3) is 4.12.